The van der Waals surface area contributed by atoms with Crippen molar-refractivity contribution in [2.75, 3.05) is 14.2 Å². The van der Waals surface area contributed by atoms with E-state index < -0.39 is 18.2 Å². The summed E-state index contributed by atoms with van der Waals surface area (Å²) in [4.78, 5) is 16.0. The van der Waals surface area contributed by atoms with Gasteiger partial charge in [0.25, 0.3) is 0 Å². The van der Waals surface area contributed by atoms with Crippen LogP contribution in [-0.4, -0.2) is 34.8 Å². The molecule has 1 aliphatic heterocycles. The van der Waals surface area contributed by atoms with E-state index in [0.717, 1.165) is 0 Å². The second kappa shape index (κ2) is 7.77. The van der Waals surface area contributed by atoms with E-state index >= 15 is 0 Å². The molecule has 0 aliphatic carbocycles. The largest absolute Gasteiger partial charge is 0.493 e. The van der Waals surface area contributed by atoms with Gasteiger partial charge in [0.1, 0.15) is 18.0 Å². The molecule has 1 aromatic carbocycles. The van der Waals surface area contributed by atoms with Crippen molar-refractivity contribution in [1.82, 2.24) is 9.55 Å². The summed E-state index contributed by atoms with van der Waals surface area (Å²) >= 11 is 6.26. The summed E-state index contributed by atoms with van der Waals surface area (Å²) in [7, 11) is 3.11. The van der Waals surface area contributed by atoms with Crippen molar-refractivity contribution in [3.63, 3.8) is 0 Å². The van der Waals surface area contributed by atoms with Crippen LogP contribution in [-0.2, 0) is 9.53 Å². The maximum Gasteiger partial charge on any atom is 0.306 e. The third-order valence-corrected chi connectivity index (χ3v) is 5.07. The molecule has 2 atom stereocenters. The number of aromatic nitrogens is 2. The zero-order valence-electron chi connectivity index (χ0n) is 15.8. The lowest BCUT2D eigenvalue weighted by molar-refractivity contribution is -0.141. The Bertz CT molecular complexity index is 1060. The van der Waals surface area contributed by atoms with E-state index in [4.69, 9.17) is 25.8 Å². The Kier molecular flexibility index (Phi) is 5.17. The number of methoxy groups -OCH3 is 2. The smallest absolute Gasteiger partial charge is 0.306 e. The van der Waals surface area contributed by atoms with E-state index in [1.165, 1.54) is 0 Å². The molecule has 1 aliphatic rings. The van der Waals surface area contributed by atoms with Gasteiger partial charge < -0.3 is 23.9 Å². The fourth-order valence-electron chi connectivity index (χ4n) is 3.67. The lowest BCUT2D eigenvalue weighted by Crippen LogP contribution is -2.15. The highest BCUT2D eigenvalue weighted by Gasteiger charge is 2.34. The number of ether oxygens (including phenoxy) is 3. The molecule has 150 valence electrons. The van der Waals surface area contributed by atoms with Crippen LogP contribution >= 0.6 is 11.6 Å². The predicted octanol–water partition coefficient (Wildman–Crippen LogP) is 4.18. The number of carboxylic acids is 1. The Balaban J connectivity index is 1.96. The van der Waals surface area contributed by atoms with Gasteiger partial charge in [-0.1, -0.05) is 23.7 Å². The van der Waals surface area contributed by atoms with Gasteiger partial charge in [-0.25, -0.2) is 4.98 Å². The van der Waals surface area contributed by atoms with Gasteiger partial charge in [-0.15, -0.1) is 0 Å². The van der Waals surface area contributed by atoms with Gasteiger partial charge in [-0.05, 0) is 24.3 Å². The van der Waals surface area contributed by atoms with Gasteiger partial charge in [-0.3, -0.25) is 4.79 Å². The molecule has 0 spiro atoms. The molecular formula is C21H19ClN2O5. The van der Waals surface area contributed by atoms with Crippen LogP contribution in [0.15, 0.2) is 48.8 Å². The van der Waals surface area contributed by atoms with Crippen LogP contribution in [0.3, 0.4) is 0 Å². The molecule has 1 N–H and O–H groups in total. The summed E-state index contributed by atoms with van der Waals surface area (Å²) in [6.07, 6.45) is 1.83. The second-order valence-corrected chi connectivity index (χ2v) is 6.99. The van der Waals surface area contributed by atoms with Crippen LogP contribution in [0.2, 0.25) is 5.02 Å². The Hall–Kier alpha value is -3.03. The minimum atomic E-state index is -0.962. The highest BCUT2D eigenvalue weighted by atomic mass is 35.5. The first-order valence-corrected chi connectivity index (χ1v) is 9.32. The molecule has 2 unspecified atom stereocenters. The van der Waals surface area contributed by atoms with Gasteiger partial charge in [0.15, 0.2) is 11.5 Å². The van der Waals surface area contributed by atoms with E-state index in [-0.39, 0.29) is 6.42 Å². The first-order valence-electron chi connectivity index (χ1n) is 8.94. The van der Waals surface area contributed by atoms with Crippen LogP contribution in [0.4, 0.5) is 0 Å². The van der Waals surface area contributed by atoms with Crippen LogP contribution in [0.25, 0.3) is 5.82 Å². The SMILES string of the molecule is COc1cccc(C2OC(CC(=O)O)c3cccn3-c3ncc(Cl)cc32)c1OC. The summed E-state index contributed by atoms with van der Waals surface area (Å²) in [5, 5.41) is 9.90. The molecule has 0 fully saturated rings. The lowest BCUT2D eigenvalue weighted by Gasteiger charge is -2.24. The molecule has 29 heavy (non-hydrogen) atoms. The van der Waals surface area contributed by atoms with Crippen LogP contribution in [0, 0.1) is 0 Å². The number of carboxylic acid groups (broad SMARTS) is 1. The number of nitrogens with zero attached hydrogens (tertiary/aromatic N) is 2. The highest BCUT2D eigenvalue weighted by molar-refractivity contribution is 6.30. The number of benzene rings is 1. The fourth-order valence-corrected chi connectivity index (χ4v) is 3.84. The molecule has 0 amide bonds. The van der Waals surface area contributed by atoms with Crippen molar-refractivity contribution in [2.45, 2.75) is 18.6 Å². The average Bonchev–Trinajstić information content (AvgIpc) is 3.15. The molecule has 0 bridgehead atoms. The van der Waals surface area contributed by atoms with Gasteiger partial charge in [-0.2, -0.15) is 0 Å². The van der Waals surface area contributed by atoms with Crippen LogP contribution in [0.1, 0.15) is 35.4 Å². The zero-order valence-corrected chi connectivity index (χ0v) is 16.6. The lowest BCUT2D eigenvalue weighted by atomic mass is 10.00. The Morgan fingerprint density at radius 2 is 2.07 bits per heavy atom. The van der Waals surface area contributed by atoms with E-state index in [1.807, 2.05) is 35.0 Å². The number of rotatable bonds is 5. The predicted molar refractivity (Wildman–Crippen MR) is 106 cm³/mol. The minimum absolute atomic E-state index is 0.200. The molecule has 0 saturated carbocycles. The number of hydrogen-bond donors (Lipinski definition) is 1. The van der Waals surface area contributed by atoms with Crippen molar-refractivity contribution < 1.29 is 24.1 Å². The first kappa shape index (κ1) is 19.3. The van der Waals surface area contributed by atoms with Crippen LogP contribution < -0.4 is 9.47 Å². The van der Waals surface area contributed by atoms with Gasteiger partial charge >= 0.3 is 5.97 Å². The fraction of sp³-hybridized carbons (Fsp3) is 0.238. The molecule has 0 radical (unpaired) electrons. The van der Waals surface area contributed by atoms with E-state index in [9.17, 15) is 9.90 Å². The zero-order chi connectivity index (χ0) is 20.5. The quantitative estimate of drug-likeness (QED) is 0.674. The summed E-state index contributed by atoms with van der Waals surface area (Å²) in [5.41, 5.74) is 2.10. The van der Waals surface area contributed by atoms with Gasteiger partial charge in [0, 0.05) is 23.5 Å². The Labute approximate surface area is 172 Å². The average molecular weight is 415 g/mol. The molecule has 3 aromatic rings. The number of aliphatic carboxylic acids is 1. The van der Waals surface area contributed by atoms with Crippen molar-refractivity contribution in [3.05, 3.63) is 70.6 Å². The van der Waals surface area contributed by atoms with Crippen molar-refractivity contribution in [2.24, 2.45) is 0 Å². The topological polar surface area (TPSA) is 82.8 Å². The third-order valence-electron chi connectivity index (χ3n) is 4.86. The molecular weight excluding hydrogens is 396 g/mol. The molecule has 2 aromatic heterocycles. The molecule has 8 heteroatoms. The Morgan fingerprint density at radius 1 is 1.24 bits per heavy atom. The van der Waals surface area contributed by atoms with Gasteiger partial charge in [0.2, 0.25) is 0 Å². The maximum absolute atomic E-state index is 11.5. The molecule has 7 nitrogen and oxygen atoms in total. The molecule has 3 heterocycles. The number of carbonyl (C=O) groups is 1. The highest BCUT2D eigenvalue weighted by Crippen LogP contribution is 2.45. The van der Waals surface area contributed by atoms with E-state index in [1.54, 1.807) is 32.5 Å². The molecule has 0 saturated heterocycles. The first-order chi connectivity index (χ1) is 14.0. The van der Waals surface area contributed by atoms with E-state index in [0.29, 0.717) is 39.2 Å². The van der Waals surface area contributed by atoms with Crippen molar-refractivity contribution >= 4 is 17.6 Å². The number of fused-ring (bicyclic) bond motifs is 3. The summed E-state index contributed by atoms with van der Waals surface area (Å²) in [5.74, 6) is 0.712. The summed E-state index contributed by atoms with van der Waals surface area (Å²) < 4.78 is 19.2. The second-order valence-electron chi connectivity index (χ2n) is 6.55. The number of pyridine rings is 1. The van der Waals surface area contributed by atoms with Crippen LogP contribution in [0.5, 0.6) is 11.5 Å². The standard InChI is InChI=1S/C21H19ClN2O5/c1-27-16-7-3-5-13(20(16)28-2)19-14-9-12(22)11-23-21(14)24-8-4-6-15(24)17(29-19)10-18(25)26/h3-9,11,17,19H,10H2,1-2H3,(H,25,26). The summed E-state index contributed by atoms with van der Waals surface area (Å²) in [6.45, 7) is 0. The number of hydrogen-bond acceptors (Lipinski definition) is 5. The van der Waals surface area contributed by atoms with Gasteiger partial charge in [0.05, 0.1) is 31.4 Å². The maximum atomic E-state index is 11.5. The number of halogens is 1. The van der Waals surface area contributed by atoms with Crippen molar-refractivity contribution in [3.8, 4) is 17.3 Å². The normalized spacial score (nSPS) is 17.8. The number of para-hydroxylation sites is 1. The third kappa shape index (κ3) is 3.43. The monoisotopic (exact) mass is 414 g/mol. The summed E-state index contributed by atoms with van der Waals surface area (Å²) in [6, 6.07) is 10.9. The Morgan fingerprint density at radius 3 is 2.79 bits per heavy atom. The molecule has 4 rings (SSSR count). The van der Waals surface area contributed by atoms with Crippen molar-refractivity contribution in [1.29, 1.82) is 0 Å². The van der Waals surface area contributed by atoms with E-state index in [2.05, 4.69) is 4.98 Å². The minimum Gasteiger partial charge on any atom is -0.493 e.